The first-order chi connectivity index (χ1) is 0. The zero-order valence-corrected chi connectivity index (χ0v) is 12.1. The summed E-state index contributed by atoms with van der Waals surface area (Å²) in [5.74, 6) is 0. The second kappa shape index (κ2) is 40.8. The van der Waals surface area contributed by atoms with Gasteiger partial charge in [-0.25, -0.2) is 0 Å². The molecule has 0 aromatic heterocycles. The Labute approximate surface area is 107 Å². The first-order valence-electron chi connectivity index (χ1n) is 0. The summed E-state index contributed by atoms with van der Waals surface area (Å²) in [5, 5.41) is 0. The second-order valence-corrected chi connectivity index (χ2v) is 0. The molecule has 0 aliphatic rings. The molecule has 0 fully saturated rings. The average Bonchev–Trinajstić information content (AvgIpc) is 0. The molecule has 38 valence electrons. The normalized spacial score (nSPS) is 0. The molecule has 0 spiro atoms. The van der Waals surface area contributed by atoms with Crippen molar-refractivity contribution in [3.8, 4) is 0 Å². The fourth-order valence-corrected chi connectivity index (χ4v) is 0. The van der Waals surface area contributed by atoms with Crippen LogP contribution < -0.4 is 0 Å². The maximum absolute atomic E-state index is 0. The van der Waals surface area contributed by atoms with Crippen LogP contribution in [-0.2, 0) is 78.0 Å². The van der Waals surface area contributed by atoms with Crippen molar-refractivity contribution in [2.24, 2.45) is 0 Å². The molecular formula is MoNiS3U. The Morgan fingerprint density at radius 1 is 0.667 bits per heavy atom. The van der Waals surface area contributed by atoms with Gasteiger partial charge in [-0.3, -0.25) is 0 Å². The van der Waals surface area contributed by atoms with Crippen molar-refractivity contribution in [1.82, 2.24) is 0 Å². The molecule has 6 heavy (non-hydrogen) atoms. The van der Waals surface area contributed by atoms with E-state index in [-0.39, 0.29) is 109 Å². The van der Waals surface area contributed by atoms with E-state index in [0.29, 0.717) is 0 Å². The maximum atomic E-state index is 0. The summed E-state index contributed by atoms with van der Waals surface area (Å²) in [6.45, 7) is 0. The van der Waals surface area contributed by atoms with Crippen molar-refractivity contribution in [1.29, 1.82) is 0 Å². The van der Waals surface area contributed by atoms with E-state index >= 15 is 0 Å². The SMILES string of the molecule is [Mo+6].[Ni].[S-2].[S-2].[S-2].[U]. The molecule has 0 radical (unpaired) electrons. The van der Waals surface area contributed by atoms with Gasteiger partial charge in [0.15, 0.2) is 0 Å². The Morgan fingerprint density at radius 3 is 0.667 bits per heavy atom. The summed E-state index contributed by atoms with van der Waals surface area (Å²) in [7, 11) is 0. The molecule has 0 aliphatic carbocycles. The molecule has 0 aliphatic heterocycles. The van der Waals surface area contributed by atoms with Crippen molar-refractivity contribution < 1.29 is 68.7 Å². The molecule has 0 bridgehead atoms. The minimum atomic E-state index is 0. The van der Waals surface area contributed by atoms with E-state index in [2.05, 4.69) is 0 Å². The third-order valence-electron chi connectivity index (χ3n) is 0. The van der Waals surface area contributed by atoms with E-state index in [4.69, 9.17) is 0 Å². The van der Waals surface area contributed by atoms with Gasteiger partial charge in [0.1, 0.15) is 0 Å². The van der Waals surface area contributed by atoms with Crippen LogP contribution in [0.25, 0.3) is 0 Å². The van der Waals surface area contributed by atoms with Gasteiger partial charge in [-0.05, 0) is 0 Å². The van der Waals surface area contributed by atoms with Crippen LogP contribution in [0.1, 0.15) is 0 Å². The molecule has 0 saturated carbocycles. The van der Waals surface area contributed by atoms with Crippen molar-refractivity contribution in [3.05, 3.63) is 0 Å². The van der Waals surface area contributed by atoms with Crippen LogP contribution >= 0.6 is 0 Å². The largest absolute Gasteiger partial charge is 6.00 e. The van der Waals surface area contributed by atoms with Crippen LogP contribution in [0.2, 0.25) is 0 Å². The first-order valence-corrected chi connectivity index (χ1v) is 0. The summed E-state index contributed by atoms with van der Waals surface area (Å²) in [6.07, 6.45) is 0. The predicted octanol–water partition coefficient (Wildman–Crippen LogP) is -0.0122. The number of rotatable bonds is 0. The summed E-state index contributed by atoms with van der Waals surface area (Å²) in [4.78, 5) is 0. The van der Waals surface area contributed by atoms with Crippen LogP contribution in [0, 0.1) is 31.1 Å². The molecule has 0 atom stereocenters. The molecule has 0 amide bonds. The Hall–Kier alpha value is 3.28. The molecule has 0 nitrogen and oxygen atoms in total. The molecule has 0 N–H and O–H groups in total. The molecule has 0 rings (SSSR count). The Morgan fingerprint density at radius 2 is 0.667 bits per heavy atom. The predicted molar refractivity (Wildman–Crippen MR) is 22.1 cm³/mol. The average molecular weight is 489 g/mol. The molecule has 0 saturated heterocycles. The van der Waals surface area contributed by atoms with Gasteiger partial charge in [0, 0.05) is 47.6 Å². The quantitative estimate of drug-likeness (QED) is 0.421. The van der Waals surface area contributed by atoms with Gasteiger partial charge in [-0.2, -0.15) is 0 Å². The van der Waals surface area contributed by atoms with Gasteiger partial charge in [0.25, 0.3) is 0 Å². The fraction of sp³-hybridized carbons (Fsp3) is 0. The minimum absolute atomic E-state index is 0. The van der Waals surface area contributed by atoms with Crippen molar-refractivity contribution in [3.63, 3.8) is 0 Å². The number of hydrogen-bond donors (Lipinski definition) is 0. The summed E-state index contributed by atoms with van der Waals surface area (Å²) in [5.41, 5.74) is 0. The summed E-state index contributed by atoms with van der Waals surface area (Å²) >= 11 is 0. The third kappa shape index (κ3) is 26.7. The topological polar surface area (TPSA) is 0 Å². The van der Waals surface area contributed by atoms with E-state index in [1.165, 1.54) is 0 Å². The standard InChI is InChI=1S/Mo.Ni.3S.U/q+6;;3*-2;. The van der Waals surface area contributed by atoms with E-state index in [1.54, 1.807) is 0 Å². The summed E-state index contributed by atoms with van der Waals surface area (Å²) < 4.78 is 0. The monoisotopic (exact) mass is 490 g/mol. The molecule has 6 heteroatoms. The van der Waals surface area contributed by atoms with Crippen LogP contribution in [-0.4, -0.2) is 0 Å². The van der Waals surface area contributed by atoms with Gasteiger partial charge in [-0.15, -0.1) is 0 Å². The van der Waals surface area contributed by atoms with E-state index in [1.807, 2.05) is 0 Å². The molecule has 0 aromatic rings. The van der Waals surface area contributed by atoms with Crippen LogP contribution in [0.3, 0.4) is 0 Å². The van der Waals surface area contributed by atoms with Gasteiger partial charge in [0.2, 0.25) is 0 Å². The van der Waals surface area contributed by atoms with E-state index < -0.39 is 0 Å². The first kappa shape index (κ1) is 59.1. The van der Waals surface area contributed by atoms with Crippen LogP contribution in [0.5, 0.6) is 0 Å². The van der Waals surface area contributed by atoms with Crippen molar-refractivity contribution in [2.75, 3.05) is 0 Å². The smallest absolute Gasteiger partial charge is 2.00 e. The Balaban J connectivity index is 0. The van der Waals surface area contributed by atoms with Gasteiger partial charge >= 0.3 is 21.1 Å². The summed E-state index contributed by atoms with van der Waals surface area (Å²) in [6, 6.07) is 0. The van der Waals surface area contributed by atoms with E-state index in [9.17, 15) is 0 Å². The molecule has 0 heterocycles. The van der Waals surface area contributed by atoms with E-state index in [0.717, 1.165) is 0 Å². The van der Waals surface area contributed by atoms with Crippen LogP contribution in [0.15, 0.2) is 0 Å². The van der Waals surface area contributed by atoms with Crippen molar-refractivity contribution >= 4 is 40.5 Å². The number of hydrogen-bond acceptors (Lipinski definition) is 0. The minimum Gasteiger partial charge on any atom is -2.00 e. The molecule has 0 unspecified atom stereocenters. The third-order valence-corrected chi connectivity index (χ3v) is 0. The Kier molecular flexibility index (Phi) is 401. The van der Waals surface area contributed by atoms with Gasteiger partial charge in [0.05, 0.1) is 0 Å². The Bertz CT molecular complexity index is 10.8. The van der Waals surface area contributed by atoms with Gasteiger partial charge in [-0.1, -0.05) is 0 Å². The zero-order valence-electron chi connectivity index (χ0n) is 2.45. The fourth-order valence-electron chi connectivity index (χ4n) is 0. The van der Waals surface area contributed by atoms with Gasteiger partial charge < -0.3 is 40.5 Å². The second-order valence-electron chi connectivity index (χ2n) is 0. The van der Waals surface area contributed by atoms with Crippen molar-refractivity contribution in [2.45, 2.75) is 0 Å². The zero-order chi connectivity index (χ0) is 0. The maximum Gasteiger partial charge on any atom is 6.00 e. The van der Waals surface area contributed by atoms with Crippen LogP contribution in [0.4, 0.5) is 0 Å². The molecule has 0 aromatic carbocycles. The molecular weight excluding hydrogens is 489 g/mol.